The van der Waals surface area contributed by atoms with E-state index in [-0.39, 0.29) is 18.2 Å². The highest BCUT2D eigenvalue weighted by Gasteiger charge is 2.31. The molecule has 5 heteroatoms. The van der Waals surface area contributed by atoms with Crippen molar-refractivity contribution in [3.63, 3.8) is 0 Å². The van der Waals surface area contributed by atoms with E-state index in [0.717, 1.165) is 19.0 Å². The molecule has 0 aromatic carbocycles. The molecule has 4 unspecified atom stereocenters. The minimum Gasteiger partial charge on any atom is -0.393 e. The summed E-state index contributed by atoms with van der Waals surface area (Å²) < 4.78 is 0. The highest BCUT2D eigenvalue weighted by Crippen LogP contribution is 2.30. The van der Waals surface area contributed by atoms with E-state index in [4.69, 9.17) is 0 Å². The van der Waals surface area contributed by atoms with Crippen LogP contribution in [0.4, 0.5) is 4.79 Å². The van der Waals surface area contributed by atoms with Crippen molar-refractivity contribution in [2.24, 2.45) is 11.8 Å². The molecule has 134 valence electrons. The van der Waals surface area contributed by atoms with Gasteiger partial charge in [-0.15, -0.1) is 0 Å². The van der Waals surface area contributed by atoms with E-state index in [2.05, 4.69) is 22.5 Å². The number of hydrogen-bond donors (Lipinski definition) is 3. The van der Waals surface area contributed by atoms with Gasteiger partial charge in [-0.1, -0.05) is 13.3 Å². The number of aliphatic hydroxyl groups is 1. The number of urea groups is 1. The summed E-state index contributed by atoms with van der Waals surface area (Å²) in [6.07, 6.45) is 6.96. The van der Waals surface area contributed by atoms with Crippen LogP contribution >= 0.6 is 0 Å². The molecule has 0 aromatic rings. The Hall–Kier alpha value is -0.810. The standard InChI is InChI=1S/C18H35N3O2/c1-13(10-14(2)22)11-19-18(23)20-15(3)16-6-5-9-21(12-16)17-7-4-8-17/h13-17,22H,4-12H2,1-3H3,(H2,19,20,23). The Kier molecular flexibility index (Phi) is 7.15. The van der Waals surface area contributed by atoms with Crippen molar-refractivity contribution >= 4 is 6.03 Å². The van der Waals surface area contributed by atoms with Crippen LogP contribution in [0.15, 0.2) is 0 Å². The van der Waals surface area contributed by atoms with Gasteiger partial charge in [-0.25, -0.2) is 4.79 Å². The molecule has 1 aliphatic carbocycles. The van der Waals surface area contributed by atoms with Crippen molar-refractivity contribution in [1.29, 1.82) is 0 Å². The van der Waals surface area contributed by atoms with Crippen molar-refractivity contribution in [2.75, 3.05) is 19.6 Å². The quantitative estimate of drug-likeness (QED) is 0.673. The Morgan fingerprint density at radius 2 is 1.96 bits per heavy atom. The molecule has 0 spiro atoms. The smallest absolute Gasteiger partial charge is 0.315 e. The van der Waals surface area contributed by atoms with Crippen LogP contribution in [-0.4, -0.2) is 53.9 Å². The van der Waals surface area contributed by atoms with Gasteiger partial charge in [0, 0.05) is 25.2 Å². The molecule has 2 rings (SSSR count). The predicted octanol–water partition coefficient (Wildman–Crippen LogP) is 2.35. The largest absolute Gasteiger partial charge is 0.393 e. The van der Waals surface area contributed by atoms with Crippen LogP contribution in [-0.2, 0) is 0 Å². The molecule has 1 aliphatic heterocycles. The summed E-state index contributed by atoms with van der Waals surface area (Å²) in [4.78, 5) is 14.7. The molecule has 1 heterocycles. The molecule has 0 aromatic heterocycles. The molecule has 23 heavy (non-hydrogen) atoms. The normalized spacial score (nSPS) is 26.9. The maximum atomic E-state index is 12.1. The lowest BCUT2D eigenvalue weighted by Crippen LogP contribution is -2.52. The van der Waals surface area contributed by atoms with Gasteiger partial charge in [-0.2, -0.15) is 0 Å². The summed E-state index contributed by atoms with van der Waals surface area (Å²) in [5.41, 5.74) is 0. The first-order valence-corrected chi connectivity index (χ1v) is 9.42. The number of piperidine rings is 1. The van der Waals surface area contributed by atoms with Gasteiger partial charge in [0.05, 0.1) is 6.10 Å². The molecule has 1 saturated heterocycles. The van der Waals surface area contributed by atoms with E-state index in [1.54, 1.807) is 6.92 Å². The molecule has 4 atom stereocenters. The van der Waals surface area contributed by atoms with Crippen LogP contribution in [0, 0.1) is 11.8 Å². The third-order valence-electron chi connectivity index (χ3n) is 5.50. The van der Waals surface area contributed by atoms with Gasteiger partial charge >= 0.3 is 6.03 Å². The number of likely N-dealkylation sites (tertiary alicyclic amines) is 1. The summed E-state index contributed by atoms with van der Waals surface area (Å²) in [5.74, 6) is 0.852. The highest BCUT2D eigenvalue weighted by atomic mass is 16.3. The zero-order chi connectivity index (χ0) is 16.8. The van der Waals surface area contributed by atoms with Crippen LogP contribution in [0.5, 0.6) is 0 Å². The number of carbonyl (C=O) groups is 1. The first-order valence-electron chi connectivity index (χ1n) is 9.42. The van der Waals surface area contributed by atoms with Gasteiger partial charge in [0.15, 0.2) is 0 Å². The van der Waals surface area contributed by atoms with E-state index in [1.165, 1.54) is 38.6 Å². The van der Waals surface area contributed by atoms with Gasteiger partial charge in [0.2, 0.25) is 0 Å². The molecule has 5 nitrogen and oxygen atoms in total. The first-order chi connectivity index (χ1) is 11.0. The lowest BCUT2D eigenvalue weighted by Gasteiger charge is -2.43. The van der Waals surface area contributed by atoms with Gasteiger partial charge in [0.1, 0.15) is 0 Å². The minimum absolute atomic E-state index is 0.0734. The molecular weight excluding hydrogens is 290 g/mol. The summed E-state index contributed by atoms with van der Waals surface area (Å²) >= 11 is 0. The Labute approximate surface area is 141 Å². The lowest BCUT2D eigenvalue weighted by molar-refractivity contribution is 0.0678. The summed E-state index contributed by atoms with van der Waals surface area (Å²) in [5, 5.41) is 15.4. The second-order valence-electron chi connectivity index (χ2n) is 7.81. The zero-order valence-electron chi connectivity index (χ0n) is 15.1. The Morgan fingerprint density at radius 1 is 1.22 bits per heavy atom. The van der Waals surface area contributed by atoms with E-state index in [9.17, 15) is 9.90 Å². The summed E-state index contributed by atoms with van der Waals surface area (Å²) in [6, 6.07) is 0.945. The number of carbonyl (C=O) groups excluding carboxylic acids is 1. The van der Waals surface area contributed by atoms with Crippen LogP contribution in [0.25, 0.3) is 0 Å². The Balaban J connectivity index is 1.68. The second-order valence-corrected chi connectivity index (χ2v) is 7.81. The highest BCUT2D eigenvalue weighted by molar-refractivity contribution is 5.74. The van der Waals surface area contributed by atoms with Crippen molar-refractivity contribution in [3.05, 3.63) is 0 Å². The molecule has 3 N–H and O–H groups in total. The Bertz CT molecular complexity index is 371. The molecule has 2 fully saturated rings. The fourth-order valence-corrected chi connectivity index (χ4v) is 3.84. The molecule has 0 bridgehead atoms. The Morgan fingerprint density at radius 3 is 2.57 bits per heavy atom. The van der Waals surface area contributed by atoms with Crippen molar-refractivity contribution in [3.8, 4) is 0 Å². The SMILES string of the molecule is CC(O)CC(C)CNC(=O)NC(C)C1CCCN(C2CCC2)C1. The number of aliphatic hydroxyl groups excluding tert-OH is 1. The van der Waals surface area contributed by atoms with E-state index in [0.29, 0.717) is 18.4 Å². The third kappa shape index (κ3) is 5.96. The van der Waals surface area contributed by atoms with E-state index in [1.807, 2.05) is 6.92 Å². The number of nitrogens with zero attached hydrogens (tertiary/aromatic N) is 1. The van der Waals surface area contributed by atoms with E-state index < -0.39 is 0 Å². The van der Waals surface area contributed by atoms with Crippen LogP contribution in [0.3, 0.4) is 0 Å². The monoisotopic (exact) mass is 325 g/mol. The second kappa shape index (κ2) is 8.88. The van der Waals surface area contributed by atoms with Gasteiger partial charge < -0.3 is 20.6 Å². The number of hydrogen-bond acceptors (Lipinski definition) is 3. The topological polar surface area (TPSA) is 64.6 Å². The fraction of sp³-hybridized carbons (Fsp3) is 0.944. The van der Waals surface area contributed by atoms with Crippen LogP contribution in [0.2, 0.25) is 0 Å². The molecule has 0 radical (unpaired) electrons. The zero-order valence-corrected chi connectivity index (χ0v) is 15.1. The predicted molar refractivity (Wildman–Crippen MR) is 93.4 cm³/mol. The number of nitrogens with one attached hydrogen (secondary N) is 2. The van der Waals surface area contributed by atoms with Gasteiger partial charge in [0.25, 0.3) is 0 Å². The average Bonchev–Trinajstić information content (AvgIpc) is 2.43. The van der Waals surface area contributed by atoms with Crippen molar-refractivity contribution in [2.45, 2.75) is 77.5 Å². The molecular formula is C18H35N3O2. The van der Waals surface area contributed by atoms with Gasteiger partial charge in [-0.3, -0.25) is 0 Å². The summed E-state index contributed by atoms with van der Waals surface area (Å²) in [7, 11) is 0. The fourth-order valence-electron chi connectivity index (χ4n) is 3.84. The maximum Gasteiger partial charge on any atom is 0.315 e. The van der Waals surface area contributed by atoms with E-state index >= 15 is 0 Å². The average molecular weight is 325 g/mol. The van der Waals surface area contributed by atoms with Crippen LogP contribution < -0.4 is 10.6 Å². The third-order valence-corrected chi connectivity index (χ3v) is 5.50. The summed E-state index contributed by atoms with van der Waals surface area (Å²) in [6.45, 7) is 8.95. The minimum atomic E-state index is -0.312. The number of rotatable bonds is 7. The molecule has 2 aliphatic rings. The molecule has 2 amide bonds. The molecule has 1 saturated carbocycles. The van der Waals surface area contributed by atoms with Crippen LogP contribution in [0.1, 0.15) is 59.3 Å². The first kappa shape index (κ1) is 18.5. The maximum absolute atomic E-state index is 12.1. The lowest BCUT2D eigenvalue weighted by atomic mass is 9.86. The van der Waals surface area contributed by atoms with Gasteiger partial charge in [-0.05, 0) is 64.3 Å². The van der Waals surface area contributed by atoms with Crippen molar-refractivity contribution < 1.29 is 9.90 Å². The van der Waals surface area contributed by atoms with Crippen molar-refractivity contribution in [1.82, 2.24) is 15.5 Å². The number of amides is 2.